The summed E-state index contributed by atoms with van der Waals surface area (Å²) in [5.41, 5.74) is 0.887. The van der Waals surface area contributed by atoms with E-state index in [-0.39, 0.29) is 5.75 Å². The summed E-state index contributed by atoms with van der Waals surface area (Å²) in [4.78, 5) is 4.16. The zero-order chi connectivity index (χ0) is 16.2. The Labute approximate surface area is 136 Å². The summed E-state index contributed by atoms with van der Waals surface area (Å²) >= 11 is 1.20. The lowest BCUT2D eigenvalue weighted by molar-refractivity contribution is 0.441. The van der Waals surface area contributed by atoms with Crippen LogP contribution in [0, 0.1) is 24.1 Å². The Morgan fingerprint density at radius 1 is 1.22 bits per heavy atom. The number of nitrogens with one attached hydrogen (secondary N) is 1. The SMILES string of the molecule is Cc1nsc(Nc2ccc(Oc3ccccc3C#N)c(F)c2)n1. The number of benzene rings is 2. The van der Waals surface area contributed by atoms with Crippen LogP contribution in [0.2, 0.25) is 0 Å². The molecule has 2 aromatic carbocycles. The minimum atomic E-state index is -0.538. The second-order valence-corrected chi connectivity index (χ2v) is 5.38. The van der Waals surface area contributed by atoms with Crippen LogP contribution in [0.5, 0.6) is 11.5 Å². The first-order valence-corrected chi connectivity index (χ1v) is 7.47. The van der Waals surface area contributed by atoms with Crippen molar-refractivity contribution in [1.82, 2.24) is 9.36 Å². The fourth-order valence-corrected chi connectivity index (χ4v) is 2.49. The van der Waals surface area contributed by atoms with Crippen LogP contribution >= 0.6 is 11.5 Å². The Bertz CT molecular complexity index is 888. The maximum atomic E-state index is 14.2. The molecule has 7 heteroatoms. The highest BCUT2D eigenvalue weighted by Crippen LogP contribution is 2.29. The number of hydrogen-bond acceptors (Lipinski definition) is 6. The van der Waals surface area contributed by atoms with E-state index in [1.165, 1.54) is 23.7 Å². The van der Waals surface area contributed by atoms with E-state index < -0.39 is 5.82 Å². The molecule has 0 fully saturated rings. The van der Waals surface area contributed by atoms with Crippen LogP contribution in [0.1, 0.15) is 11.4 Å². The topological polar surface area (TPSA) is 70.8 Å². The molecule has 0 aliphatic carbocycles. The molecule has 0 aliphatic heterocycles. The highest BCUT2D eigenvalue weighted by Gasteiger charge is 2.10. The average Bonchev–Trinajstić information content (AvgIpc) is 2.95. The van der Waals surface area contributed by atoms with Crippen molar-refractivity contribution >= 4 is 22.4 Å². The smallest absolute Gasteiger partial charge is 0.207 e. The Morgan fingerprint density at radius 2 is 2.04 bits per heavy atom. The van der Waals surface area contributed by atoms with Gasteiger partial charge in [0.25, 0.3) is 0 Å². The van der Waals surface area contributed by atoms with Crippen molar-refractivity contribution in [2.24, 2.45) is 0 Å². The molecule has 0 spiro atoms. The van der Waals surface area contributed by atoms with E-state index >= 15 is 0 Å². The fourth-order valence-electron chi connectivity index (χ4n) is 1.90. The normalized spacial score (nSPS) is 10.1. The number of aromatic nitrogens is 2. The second kappa shape index (κ2) is 6.42. The zero-order valence-corrected chi connectivity index (χ0v) is 12.9. The molecule has 23 heavy (non-hydrogen) atoms. The van der Waals surface area contributed by atoms with Crippen molar-refractivity contribution in [3.05, 3.63) is 59.7 Å². The highest BCUT2D eigenvalue weighted by atomic mass is 32.1. The lowest BCUT2D eigenvalue weighted by Gasteiger charge is -2.09. The summed E-state index contributed by atoms with van der Waals surface area (Å²) in [6.45, 7) is 1.78. The summed E-state index contributed by atoms with van der Waals surface area (Å²) in [5.74, 6) is 0.482. The number of rotatable bonds is 4. The Hall–Kier alpha value is -2.98. The molecule has 0 unspecified atom stereocenters. The standard InChI is InChI=1S/C16H11FN4OS/c1-10-19-16(23-21-10)20-12-6-7-15(13(17)8-12)22-14-5-3-2-4-11(14)9-18/h2-8H,1H3,(H,19,20,21). The third kappa shape index (κ3) is 3.44. The van der Waals surface area contributed by atoms with E-state index in [4.69, 9.17) is 10.00 Å². The lowest BCUT2D eigenvalue weighted by atomic mass is 10.2. The van der Waals surface area contributed by atoms with Crippen LogP contribution in [-0.4, -0.2) is 9.36 Å². The van der Waals surface area contributed by atoms with Gasteiger partial charge in [0.1, 0.15) is 17.6 Å². The molecule has 3 rings (SSSR count). The molecule has 1 aromatic heterocycles. The summed E-state index contributed by atoms with van der Waals surface area (Å²) in [5, 5.41) is 12.6. The molecular weight excluding hydrogens is 315 g/mol. The first kappa shape index (κ1) is 14.9. The van der Waals surface area contributed by atoms with Crippen LogP contribution in [-0.2, 0) is 0 Å². The van der Waals surface area contributed by atoms with E-state index in [2.05, 4.69) is 14.7 Å². The number of para-hydroxylation sites is 1. The number of nitriles is 1. The minimum absolute atomic E-state index is 0.0479. The molecule has 0 saturated heterocycles. The molecule has 0 bridgehead atoms. The summed E-state index contributed by atoms with van der Waals surface area (Å²) in [6.07, 6.45) is 0. The van der Waals surface area contributed by atoms with Gasteiger partial charge in [0.2, 0.25) is 5.13 Å². The van der Waals surface area contributed by atoms with E-state index in [0.29, 0.717) is 28.0 Å². The van der Waals surface area contributed by atoms with Crippen molar-refractivity contribution in [2.45, 2.75) is 6.92 Å². The van der Waals surface area contributed by atoms with Crippen LogP contribution in [0.25, 0.3) is 0 Å². The van der Waals surface area contributed by atoms with Gasteiger partial charge < -0.3 is 10.1 Å². The second-order valence-electron chi connectivity index (χ2n) is 4.63. The zero-order valence-electron chi connectivity index (χ0n) is 12.1. The molecule has 3 aromatic rings. The van der Waals surface area contributed by atoms with E-state index in [0.717, 1.165) is 0 Å². The average molecular weight is 326 g/mol. The van der Waals surface area contributed by atoms with Gasteiger partial charge in [-0.1, -0.05) is 12.1 Å². The van der Waals surface area contributed by atoms with Crippen molar-refractivity contribution < 1.29 is 9.13 Å². The van der Waals surface area contributed by atoms with Crippen molar-refractivity contribution in [1.29, 1.82) is 5.26 Å². The molecular formula is C16H11FN4OS. The predicted molar refractivity (Wildman–Crippen MR) is 85.6 cm³/mol. The van der Waals surface area contributed by atoms with Crippen molar-refractivity contribution in [3.8, 4) is 17.6 Å². The molecule has 0 amide bonds. The maximum absolute atomic E-state index is 14.2. The van der Waals surface area contributed by atoms with Crippen molar-refractivity contribution in [3.63, 3.8) is 0 Å². The number of halogens is 1. The molecule has 0 saturated carbocycles. The lowest BCUT2D eigenvalue weighted by Crippen LogP contribution is -1.94. The van der Waals surface area contributed by atoms with E-state index in [1.807, 2.05) is 6.07 Å². The largest absolute Gasteiger partial charge is 0.453 e. The first-order valence-electron chi connectivity index (χ1n) is 6.69. The van der Waals surface area contributed by atoms with Gasteiger partial charge in [-0.3, -0.25) is 0 Å². The van der Waals surface area contributed by atoms with Gasteiger partial charge in [-0.15, -0.1) is 0 Å². The predicted octanol–water partition coefficient (Wildman–Crippen LogP) is 4.39. The van der Waals surface area contributed by atoms with Gasteiger partial charge in [0, 0.05) is 23.3 Å². The molecule has 0 aliphatic rings. The van der Waals surface area contributed by atoms with Crippen LogP contribution < -0.4 is 10.1 Å². The van der Waals surface area contributed by atoms with Gasteiger partial charge in [-0.2, -0.15) is 9.64 Å². The molecule has 5 nitrogen and oxygen atoms in total. The molecule has 1 N–H and O–H groups in total. The van der Waals surface area contributed by atoms with E-state index in [1.54, 1.807) is 37.3 Å². The molecule has 0 radical (unpaired) electrons. The minimum Gasteiger partial charge on any atom is -0.453 e. The first-order chi connectivity index (χ1) is 11.2. The van der Waals surface area contributed by atoms with Gasteiger partial charge in [0.05, 0.1) is 5.56 Å². The van der Waals surface area contributed by atoms with Gasteiger partial charge in [0.15, 0.2) is 11.6 Å². The van der Waals surface area contributed by atoms with Gasteiger partial charge in [-0.25, -0.2) is 9.37 Å². The monoisotopic (exact) mass is 326 g/mol. The summed E-state index contributed by atoms with van der Waals surface area (Å²) in [7, 11) is 0. The molecule has 0 atom stereocenters. The Kier molecular flexibility index (Phi) is 4.17. The number of nitrogens with zero attached hydrogens (tertiary/aromatic N) is 3. The van der Waals surface area contributed by atoms with Gasteiger partial charge >= 0.3 is 0 Å². The number of aryl methyl sites for hydroxylation is 1. The van der Waals surface area contributed by atoms with Crippen LogP contribution in [0.4, 0.5) is 15.2 Å². The van der Waals surface area contributed by atoms with Crippen molar-refractivity contribution in [2.75, 3.05) is 5.32 Å². The highest BCUT2D eigenvalue weighted by molar-refractivity contribution is 7.09. The number of ether oxygens (including phenoxy) is 1. The Morgan fingerprint density at radius 3 is 2.74 bits per heavy atom. The van der Waals surface area contributed by atoms with Crippen LogP contribution in [0.15, 0.2) is 42.5 Å². The van der Waals surface area contributed by atoms with E-state index in [9.17, 15) is 4.39 Å². The fraction of sp³-hybridized carbons (Fsp3) is 0.0625. The molecule has 114 valence electrons. The number of anilines is 2. The number of hydrogen-bond donors (Lipinski definition) is 1. The quantitative estimate of drug-likeness (QED) is 0.770. The maximum Gasteiger partial charge on any atom is 0.207 e. The molecule has 1 heterocycles. The third-order valence-corrected chi connectivity index (χ3v) is 3.66. The third-order valence-electron chi connectivity index (χ3n) is 2.94. The van der Waals surface area contributed by atoms with Crippen LogP contribution in [0.3, 0.4) is 0 Å². The Balaban J connectivity index is 1.81. The summed E-state index contributed by atoms with van der Waals surface area (Å²) in [6, 6.07) is 13.2. The summed E-state index contributed by atoms with van der Waals surface area (Å²) < 4.78 is 23.7. The van der Waals surface area contributed by atoms with Gasteiger partial charge in [-0.05, 0) is 31.2 Å².